The molecule has 0 radical (unpaired) electrons. The van der Waals surface area contributed by atoms with E-state index >= 15 is 0 Å². The second-order valence-corrected chi connectivity index (χ2v) is 5.61. The Hall–Kier alpha value is -3.42. The van der Waals surface area contributed by atoms with E-state index in [0.717, 1.165) is 22.2 Å². The Labute approximate surface area is 143 Å². The molecule has 0 aliphatic carbocycles. The van der Waals surface area contributed by atoms with Crippen molar-refractivity contribution in [2.45, 2.75) is 6.92 Å². The largest absolute Gasteiger partial charge is 0.383 e. The summed E-state index contributed by atoms with van der Waals surface area (Å²) < 4.78 is 0. The number of nitro benzene ring substituents is 1. The van der Waals surface area contributed by atoms with Crippen molar-refractivity contribution in [3.05, 3.63) is 63.8 Å². The van der Waals surface area contributed by atoms with E-state index in [-0.39, 0.29) is 11.6 Å². The summed E-state index contributed by atoms with van der Waals surface area (Å²) in [5.41, 5.74) is 3.04. The van der Waals surface area contributed by atoms with Crippen LogP contribution in [-0.4, -0.2) is 34.1 Å². The van der Waals surface area contributed by atoms with E-state index in [2.05, 4.69) is 20.8 Å². The predicted octanol–water partition coefficient (Wildman–Crippen LogP) is 2.62. The molecule has 0 spiro atoms. The number of aromatic amines is 1. The van der Waals surface area contributed by atoms with Crippen LogP contribution >= 0.6 is 0 Å². The van der Waals surface area contributed by atoms with Crippen molar-refractivity contribution >= 4 is 28.2 Å². The van der Waals surface area contributed by atoms with Gasteiger partial charge in [0.2, 0.25) is 0 Å². The lowest BCUT2D eigenvalue weighted by Gasteiger charge is -2.07. The number of anilines is 1. The maximum absolute atomic E-state index is 12.3. The van der Waals surface area contributed by atoms with Gasteiger partial charge in [0.1, 0.15) is 0 Å². The predicted molar refractivity (Wildman–Crippen MR) is 94.8 cm³/mol. The number of nitrogens with one attached hydrogen (secondary N) is 3. The quantitative estimate of drug-likeness (QED) is 0.363. The fourth-order valence-electron chi connectivity index (χ4n) is 2.47. The number of rotatable bonds is 6. The molecule has 0 bridgehead atoms. The minimum absolute atomic E-state index is 0.0413. The van der Waals surface area contributed by atoms with Gasteiger partial charge in [0.15, 0.2) is 5.69 Å². The molecule has 1 aromatic heterocycles. The molecule has 0 aliphatic heterocycles. The molecule has 3 N–H and O–H groups in total. The van der Waals surface area contributed by atoms with Crippen LogP contribution in [0.4, 0.5) is 11.4 Å². The minimum Gasteiger partial charge on any atom is -0.383 e. The van der Waals surface area contributed by atoms with E-state index in [9.17, 15) is 14.9 Å². The maximum atomic E-state index is 12.3. The molecular formula is C17H17N5O3. The van der Waals surface area contributed by atoms with E-state index in [4.69, 9.17) is 0 Å². The third kappa shape index (κ3) is 3.74. The van der Waals surface area contributed by atoms with E-state index < -0.39 is 4.92 Å². The van der Waals surface area contributed by atoms with Crippen LogP contribution in [0.1, 0.15) is 16.1 Å². The number of non-ortho nitro benzene ring substituents is 1. The van der Waals surface area contributed by atoms with Crippen LogP contribution in [0, 0.1) is 17.0 Å². The fraction of sp³-hybridized carbons (Fsp3) is 0.176. The van der Waals surface area contributed by atoms with Crippen molar-refractivity contribution in [1.29, 1.82) is 0 Å². The lowest BCUT2D eigenvalue weighted by atomic mass is 10.1. The number of carbonyl (C=O) groups excluding carboxylic acids is 1. The highest BCUT2D eigenvalue weighted by molar-refractivity contribution is 6.04. The number of aryl methyl sites for hydroxylation is 1. The molecule has 25 heavy (non-hydrogen) atoms. The molecule has 2 aromatic carbocycles. The van der Waals surface area contributed by atoms with Crippen LogP contribution < -0.4 is 10.6 Å². The molecule has 1 heterocycles. The number of nitrogens with zero attached hydrogens (tertiary/aromatic N) is 2. The van der Waals surface area contributed by atoms with Crippen LogP contribution in [0.2, 0.25) is 0 Å². The van der Waals surface area contributed by atoms with E-state index in [1.54, 1.807) is 12.1 Å². The van der Waals surface area contributed by atoms with Crippen LogP contribution in [0.15, 0.2) is 42.5 Å². The van der Waals surface area contributed by atoms with Gasteiger partial charge in [-0.25, -0.2) is 0 Å². The number of aromatic nitrogens is 2. The number of hydrogen-bond acceptors (Lipinski definition) is 5. The standard InChI is InChI=1S/C17H17N5O3/c1-11-2-7-15-14(10-11)16(21-20-15)17(23)19-9-8-18-12-3-5-13(6-4-12)22(24)25/h2-7,10,18H,8-9H2,1H3,(H,19,23)(H,20,21). The summed E-state index contributed by atoms with van der Waals surface area (Å²) in [5, 5.41) is 24.2. The lowest BCUT2D eigenvalue weighted by Crippen LogP contribution is -2.29. The molecular weight excluding hydrogens is 322 g/mol. The third-order valence-electron chi connectivity index (χ3n) is 3.75. The smallest absolute Gasteiger partial charge is 0.272 e. The van der Waals surface area contributed by atoms with Gasteiger partial charge >= 0.3 is 0 Å². The van der Waals surface area contributed by atoms with E-state index in [1.807, 2.05) is 25.1 Å². The maximum Gasteiger partial charge on any atom is 0.272 e. The van der Waals surface area contributed by atoms with Crippen LogP contribution in [0.3, 0.4) is 0 Å². The van der Waals surface area contributed by atoms with Crippen molar-refractivity contribution < 1.29 is 9.72 Å². The molecule has 3 aromatic rings. The number of hydrogen-bond donors (Lipinski definition) is 3. The normalized spacial score (nSPS) is 10.6. The zero-order valence-electron chi connectivity index (χ0n) is 13.6. The van der Waals surface area contributed by atoms with Crippen LogP contribution in [-0.2, 0) is 0 Å². The van der Waals surface area contributed by atoms with E-state index in [1.165, 1.54) is 12.1 Å². The average Bonchev–Trinajstić information content (AvgIpc) is 3.02. The fourth-order valence-corrected chi connectivity index (χ4v) is 2.47. The van der Waals surface area contributed by atoms with Crippen molar-refractivity contribution in [3.8, 4) is 0 Å². The third-order valence-corrected chi connectivity index (χ3v) is 3.75. The Morgan fingerprint density at radius 3 is 2.68 bits per heavy atom. The lowest BCUT2D eigenvalue weighted by molar-refractivity contribution is -0.384. The number of fused-ring (bicyclic) bond motifs is 1. The first-order chi connectivity index (χ1) is 12.0. The second-order valence-electron chi connectivity index (χ2n) is 5.61. The summed E-state index contributed by atoms with van der Waals surface area (Å²) in [7, 11) is 0. The molecule has 1 amide bonds. The van der Waals surface area contributed by atoms with Gasteiger partial charge in [0, 0.05) is 36.3 Å². The summed E-state index contributed by atoms with van der Waals surface area (Å²) in [6, 6.07) is 11.9. The van der Waals surface area contributed by atoms with Crippen LogP contribution in [0.5, 0.6) is 0 Å². The molecule has 0 aliphatic rings. The summed E-state index contributed by atoms with van der Waals surface area (Å²) >= 11 is 0. The van der Waals surface area contributed by atoms with Gasteiger partial charge in [0.05, 0.1) is 10.4 Å². The topological polar surface area (TPSA) is 113 Å². The summed E-state index contributed by atoms with van der Waals surface area (Å²) in [6.45, 7) is 2.85. The Morgan fingerprint density at radius 1 is 1.20 bits per heavy atom. The number of benzene rings is 2. The van der Waals surface area contributed by atoms with Crippen LogP contribution in [0.25, 0.3) is 10.9 Å². The number of H-pyrrole nitrogens is 1. The van der Waals surface area contributed by atoms with Gasteiger partial charge in [-0.2, -0.15) is 5.10 Å². The molecule has 0 saturated heterocycles. The van der Waals surface area contributed by atoms with Crippen molar-refractivity contribution in [2.75, 3.05) is 18.4 Å². The zero-order valence-corrected chi connectivity index (χ0v) is 13.6. The van der Waals surface area contributed by atoms with Gasteiger partial charge in [0.25, 0.3) is 11.6 Å². The molecule has 128 valence electrons. The van der Waals surface area contributed by atoms with Gasteiger partial charge in [-0.3, -0.25) is 20.0 Å². The first-order valence-corrected chi connectivity index (χ1v) is 7.76. The molecule has 0 saturated carbocycles. The molecule has 8 nitrogen and oxygen atoms in total. The SMILES string of the molecule is Cc1ccc2[nH]nc(C(=O)NCCNc3ccc([N+](=O)[O-])cc3)c2c1. The minimum atomic E-state index is -0.445. The molecule has 3 rings (SSSR count). The van der Waals surface area contributed by atoms with Crippen molar-refractivity contribution in [2.24, 2.45) is 0 Å². The van der Waals surface area contributed by atoms with Gasteiger partial charge in [-0.15, -0.1) is 0 Å². The Balaban J connectivity index is 1.54. The summed E-state index contributed by atoms with van der Waals surface area (Å²) in [6.07, 6.45) is 0. The van der Waals surface area contributed by atoms with Gasteiger partial charge in [-0.05, 0) is 31.2 Å². The molecule has 0 atom stereocenters. The van der Waals surface area contributed by atoms with Gasteiger partial charge < -0.3 is 10.6 Å². The summed E-state index contributed by atoms with van der Waals surface area (Å²) in [4.78, 5) is 22.4. The molecule has 0 fully saturated rings. The van der Waals surface area contributed by atoms with Crippen molar-refractivity contribution in [3.63, 3.8) is 0 Å². The first kappa shape index (κ1) is 16.4. The monoisotopic (exact) mass is 339 g/mol. The highest BCUT2D eigenvalue weighted by Crippen LogP contribution is 2.17. The summed E-state index contributed by atoms with van der Waals surface area (Å²) in [5.74, 6) is -0.248. The zero-order chi connectivity index (χ0) is 17.8. The van der Waals surface area contributed by atoms with E-state index in [0.29, 0.717) is 18.8 Å². The number of amides is 1. The second kappa shape index (κ2) is 7.00. The van der Waals surface area contributed by atoms with Crippen molar-refractivity contribution in [1.82, 2.24) is 15.5 Å². The number of carbonyl (C=O) groups is 1. The molecule has 0 unspecified atom stereocenters. The highest BCUT2D eigenvalue weighted by Gasteiger charge is 2.13. The Kier molecular flexibility index (Phi) is 4.60. The number of nitro groups is 1. The Bertz CT molecular complexity index is 918. The van der Waals surface area contributed by atoms with Gasteiger partial charge in [-0.1, -0.05) is 11.6 Å². The highest BCUT2D eigenvalue weighted by atomic mass is 16.6. The average molecular weight is 339 g/mol. The Morgan fingerprint density at radius 2 is 1.96 bits per heavy atom. The molecule has 8 heteroatoms. The first-order valence-electron chi connectivity index (χ1n) is 7.76.